The van der Waals surface area contributed by atoms with Crippen LogP contribution in [0.2, 0.25) is 0 Å². The summed E-state index contributed by atoms with van der Waals surface area (Å²) in [7, 11) is 0.115. The van der Waals surface area contributed by atoms with E-state index in [1.165, 1.54) is 0 Å². The van der Waals surface area contributed by atoms with Crippen LogP contribution in [0.3, 0.4) is 0 Å². The van der Waals surface area contributed by atoms with Crippen LogP contribution >= 0.6 is 17.6 Å². The second-order valence-corrected chi connectivity index (χ2v) is 4.37. The van der Waals surface area contributed by atoms with Gasteiger partial charge in [-0.1, -0.05) is 12.2 Å². The summed E-state index contributed by atoms with van der Waals surface area (Å²) in [5.74, 6) is -0.923. The largest absolute Gasteiger partial charge is 0.448 e. The maximum Gasteiger partial charge on any atom is 0.326 e. The Morgan fingerprint density at radius 3 is 1.80 bits per heavy atom. The average molecular weight is 248 g/mol. The highest BCUT2D eigenvalue weighted by Gasteiger charge is 2.49. The molecule has 0 aromatic rings. The first-order valence-corrected chi connectivity index (χ1v) is 7.40. The van der Waals surface area contributed by atoms with E-state index in [4.69, 9.17) is 9.05 Å². The van der Waals surface area contributed by atoms with Gasteiger partial charge in [-0.25, -0.2) is 0 Å². The van der Waals surface area contributed by atoms with Crippen LogP contribution in [0, 0.1) is 5.41 Å². The van der Waals surface area contributed by atoms with E-state index in [9.17, 15) is 9.59 Å². The average Bonchev–Trinajstić information content (AvgIpc) is 2.68. The molecule has 0 spiro atoms. The Morgan fingerprint density at radius 1 is 1.07 bits per heavy atom. The van der Waals surface area contributed by atoms with Gasteiger partial charge in [0.1, 0.15) is 0 Å². The van der Waals surface area contributed by atoms with E-state index in [0.29, 0.717) is 12.8 Å². The molecule has 0 fully saturated rings. The number of carbonyl (C=O) groups is 2. The molecule has 1 rings (SSSR count). The van der Waals surface area contributed by atoms with Gasteiger partial charge in [0.05, 0.1) is 17.6 Å². The fourth-order valence-corrected chi connectivity index (χ4v) is 2.21. The van der Waals surface area contributed by atoms with Crippen LogP contribution in [-0.2, 0) is 18.6 Å². The fraction of sp³-hybridized carbons (Fsp3) is 0.556. The highest BCUT2D eigenvalue weighted by atomic mass is 31.1. The van der Waals surface area contributed by atoms with E-state index in [-0.39, 0.29) is 17.6 Å². The zero-order chi connectivity index (χ0) is 11.3. The lowest BCUT2D eigenvalue weighted by molar-refractivity contribution is -0.159. The summed E-state index contributed by atoms with van der Waals surface area (Å²) < 4.78 is 9.90. The molecule has 2 unspecified atom stereocenters. The van der Waals surface area contributed by atoms with Crippen molar-refractivity contribution >= 4 is 29.6 Å². The SMILES string of the molecule is CPOC(=O)C1(C(=O)OPC)CC=CC1. The molecule has 1 aliphatic carbocycles. The van der Waals surface area contributed by atoms with E-state index in [1.54, 1.807) is 13.3 Å². The Morgan fingerprint density at radius 2 is 1.47 bits per heavy atom. The minimum absolute atomic E-state index is 0.0574. The van der Waals surface area contributed by atoms with Gasteiger partial charge in [-0.3, -0.25) is 9.59 Å². The summed E-state index contributed by atoms with van der Waals surface area (Å²) >= 11 is 0. The van der Waals surface area contributed by atoms with E-state index in [0.717, 1.165) is 0 Å². The van der Waals surface area contributed by atoms with Crippen molar-refractivity contribution in [1.29, 1.82) is 0 Å². The van der Waals surface area contributed by atoms with Gasteiger partial charge in [0.25, 0.3) is 0 Å². The van der Waals surface area contributed by atoms with Crippen molar-refractivity contribution < 1.29 is 18.6 Å². The molecule has 0 aliphatic heterocycles. The second kappa shape index (κ2) is 5.58. The normalized spacial score (nSPS) is 19.1. The van der Waals surface area contributed by atoms with Crippen LogP contribution in [-0.4, -0.2) is 25.3 Å². The Hall–Kier alpha value is -0.460. The van der Waals surface area contributed by atoms with Crippen LogP contribution in [0.4, 0.5) is 0 Å². The predicted molar refractivity (Wildman–Crippen MR) is 61.5 cm³/mol. The lowest BCUT2D eigenvalue weighted by Gasteiger charge is -2.23. The molecule has 0 N–H and O–H groups in total. The van der Waals surface area contributed by atoms with Crippen molar-refractivity contribution in [3.05, 3.63) is 12.2 Å². The zero-order valence-electron chi connectivity index (χ0n) is 8.70. The monoisotopic (exact) mass is 248 g/mol. The third-order valence-electron chi connectivity index (χ3n) is 2.27. The summed E-state index contributed by atoms with van der Waals surface area (Å²) in [4.78, 5) is 23.5. The van der Waals surface area contributed by atoms with E-state index in [2.05, 4.69) is 0 Å². The predicted octanol–water partition coefficient (Wildman–Crippen LogP) is 1.86. The Balaban J connectivity index is 2.79. The third-order valence-corrected chi connectivity index (χ3v) is 3.05. The quantitative estimate of drug-likeness (QED) is 0.433. The molecule has 0 radical (unpaired) electrons. The fourth-order valence-electron chi connectivity index (χ4n) is 1.45. The molecule has 0 saturated heterocycles. The van der Waals surface area contributed by atoms with Crippen molar-refractivity contribution in [3.8, 4) is 0 Å². The standard InChI is InChI=1S/C9H14O4P2/c1-14-12-7(10)9(5-3-4-6-9)8(11)13-15-2/h3-4,14-15H,5-6H2,1-2H3. The van der Waals surface area contributed by atoms with E-state index in [1.807, 2.05) is 12.2 Å². The van der Waals surface area contributed by atoms with Gasteiger partial charge in [-0.15, -0.1) is 0 Å². The molecule has 2 atom stereocenters. The van der Waals surface area contributed by atoms with Gasteiger partial charge in [0, 0.05) is 0 Å². The van der Waals surface area contributed by atoms with Crippen LogP contribution in [0.1, 0.15) is 12.8 Å². The first-order chi connectivity index (χ1) is 7.17. The lowest BCUT2D eigenvalue weighted by atomic mass is 9.86. The molecule has 0 bridgehead atoms. The van der Waals surface area contributed by atoms with Gasteiger partial charge in [0.15, 0.2) is 5.41 Å². The Kier molecular flexibility index (Phi) is 4.69. The molecule has 0 saturated carbocycles. The molecular formula is C9H14O4P2. The highest BCUT2D eigenvalue weighted by molar-refractivity contribution is 7.32. The summed E-state index contributed by atoms with van der Waals surface area (Å²) in [6.45, 7) is 3.50. The van der Waals surface area contributed by atoms with E-state index >= 15 is 0 Å². The molecule has 15 heavy (non-hydrogen) atoms. The molecule has 6 heteroatoms. The number of allylic oxidation sites excluding steroid dienone is 2. The summed E-state index contributed by atoms with van der Waals surface area (Å²) in [5.41, 5.74) is -1.11. The maximum atomic E-state index is 11.7. The van der Waals surface area contributed by atoms with Crippen molar-refractivity contribution in [2.45, 2.75) is 12.8 Å². The van der Waals surface area contributed by atoms with Crippen molar-refractivity contribution in [2.24, 2.45) is 5.41 Å². The summed E-state index contributed by atoms with van der Waals surface area (Å²) in [6.07, 6.45) is 4.42. The molecule has 0 aromatic carbocycles. The molecule has 0 heterocycles. The number of hydrogen-bond donors (Lipinski definition) is 0. The first-order valence-electron chi connectivity index (χ1n) is 4.58. The van der Waals surface area contributed by atoms with Gasteiger partial charge in [-0.2, -0.15) is 0 Å². The van der Waals surface area contributed by atoms with Gasteiger partial charge in [-0.05, 0) is 26.2 Å². The van der Waals surface area contributed by atoms with Gasteiger partial charge < -0.3 is 9.05 Å². The molecule has 84 valence electrons. The van der Waals surface area contributed by atoms with Crippen molar-refractivity contribution in [2.75, 3.05) is 13.3 Å². The molecule has 4 nitrogen and oxygen atoms in total. The van der Waals surface area contributed by atoms with Crippen LogP contribution in [0.15, 0.2) is 12.2 Å². The third kappa shape index (κ3) is 2.56. The topological polar surface area (TPSA) is 52.6 Å². The summed E-state index contributed by atoms with van der Waals surface area (Å²) in [6, 6.07) is 0. The first kappa shape index (κ1) is 12.6. The summed E-state index contributed by atoms with van der Waals surface area (Å²) in [5, 5.41) is 0. The molecule has 0 amide bonds. The van der Waals surface area contributed by atoms with E-state index < -0.39 is 17.4 Å². The number of hydrogen-bond acceptors (Lipinski definition) is 4. The Labute approximate surface area is 92.5 Å². The zero-order valence-corrected chi connectivity index (χ0v) is 10.7. The molecule has 1 aliphatic rings. The van der Waals surface area contributed by atoms with Crippen molar-refractivity contribution in [1.82, 2.24) is 0 Å². The number of rotatable bonds is 4. The smallest absolute Gasteiger partial charge is 0.326 e. The maximum absolute atomic E-state index is 11.7. The van der Waals surface area contributed by atoms with Crippen LogP contribution in [0.5, 0.6) is 0 Å². The van der Waals surface area contributed by atoms with Crippen LogP contribution in [0.25, 0.3) is 0 Å². The minimum atomic E-state index is -1.11. The lowest BCUT2D eigenvalue weighted by Crippen LogP contribution is -2.37. The van der Waals surface area contributed by atoms with Gasteiger partial charge >= 0.3 is 11.9 Å². The minimum Gasteiger partial charge on any atom is -0.448 e. The molecular weight excluding hydrogens is 234 g/mol. The second-order valence-electron chi connectivity index (χ2n) is 3.15. The van der Waals surface area contributed by atoms with Crippen LogP contribution < -0.4 is 0 Å². The van der Waals surface area contributed by atoms with Gasteiger partial charge in [0.2, 0.25) is 0 Å². The molecule has 0 aromatic heterocycles. The highest BCUT2D eigenvalue weighted by Crippen LogP contribution is 2.38. The van der Waals surface area contributed by atoms with Crippen molar-refractivity contribution in [3.63, 3.8) is 0 Å². The Bertz CT molecular complexity index is 260. The number of carbonyl (C=O) groups excluding carboxylic acids is 2.